The SMILES string of the molecule is COC(=O)c1ccccc1NC(=O)CSc1nnc(COc2ccccc2F)o1. The number of benzene rings is 2. The van der Waals surface area contributed by atoms with Crippen LogP contribution in [0.15, 0.2) is 58.2 Å². The highest BCUT2D eigenvalue weighted by Gasteiger charge is 2.15. The Morgan fingerprint density at radius 2 is 1.90 bits per heavy atom. The van der Waals surface area contributed by atoms with Crippen molar-refractivity contribution in [3.8, 4) is 5.75 Å². The average Bonchev–Trinajstić information content (AvgIpc) is 3.19. The van der Waals surface area contributed by atoms with Gasteiger partial charge in [0, 0.05) is 0 Å². The third-order valence-corrected chi connectivity index (χ3v) is 4.39. The fourth-order valence-electron chi connectivity index (χ4n) is 2.25. The normalized spacial score (nSPS) is 10.4. The van der Waals surface area contributed by atoms with Crippen molar-refractivity contribution in [3.63, 3.8) is 0 Å². The second-order valence-corrected chi connectivity index (χ2v) is 6.48. The molecule has 0 aliphatic rings. The van der Waals surface area contributed by atoms with Gasteiger partial charge in [-0.2, -0.15) is 0 Å². The van der Waals surface area contributed by atoms with Crippen LogP contribution in [-0.4, -0.2) is 34.9 Å². The van der Waals surface area contributed by atoms with E-state index in [1.807, 2.05) is 0 Å². The maximum Gasteiger partial charge on any atom is 0.339 e. The van der Waals surface area contributed by atoms with Gasteiger partial charge in [0.05, 0.1) is 24.1 Å². The predicted octanol–water partition coefficient (Wildman–Crippen LogP) is 3.31. The number of halogens is 1. The van der Waals surface area contributed by atoms with Crippen LogP contribution in [0.5, 0.6) is 5.75 Å². The number of rotatable bonds is 8. The number of nitrogens with one attached hydrogen (secondary N) is 1. The Labute approximate surface area is 169 Å². The van der Waals surface area contributed by atoms with Crippen LogP contribution in [0.2, 0.25) is 0 Å². The van der Waals surface area contributed by atoms with Crippen LogP contribution < -0.4 is 10.1 Å². The van der Waals surface area contributed by atoms with Crippen molar-refractivity contribution in [2.24, 2.45) is 0 Å². The number of thioether (sulfide) groups is 1. The lowest BCUT2D eigenvalue weighted by Gasteiger charge is -2.08. The summed E-state index contributed by atoms with van der Waals surface area (Å²) < 4.78 is 28.9. The minimum atomic E-state index is -0.551. The van der Waals surface area contributed by atoms with Gasteiger partial charge in [0.15, 0.2) is 18.2 Å². The van der Waals surface area contributed by atoms with Gasteiger partial charge in [-0.05, 0) is 24.3 Å². The summed E-state index contributed by atoms with van der Waals surface area (Å²) in [6.45, 7) is -0.104. The summed E-state index contributed by atoms with van der Waals surface area (Å²) in [7, 11) is 1.26. The number of hydrogen-bond donors (Lipinski definition) is 1. The van der Waals surface area contributed by atoms with Gasteiger partial charge in [-0.15, -0.1) is 10.2 Å². The van der Waals surface area contributed by atoms with E-state index in [0.29, 0.717) is 5.69 Å². The zero-order chi connectivity index (χ0) is 20.6. The molecule has 1 amide bonds. The predicted molar refractivity (Wildman–Crippen MR) is 102 cm³/mol. The van der Waals surface area contributed by atoms with Gasteiger partial charge >= 0.3 is 5.97 Å². The average molecular weight is 417 g/mol. The molecule has 0 fully saturated rings. The fraction of sp³-hybridized carbons (Fsp3) is 0.158. The number of carbonyl (C=O) groups excluding carboxylic acids is 2. The highest BCUT2D eigenvalue weighted by atomic mass is 32.2. The molecule has 0 unspecified atom stereocenters. The second-order valence-electron chi connectivity index (χ2n) is 5.55. The van der Waals surface area contributed by atoms with Gasteiger partial charge in [-0.3, -0.25) is 4.79 Å². The molecular formula is C19H16FN3O5S. The Kier molecular flexibility index (Phi) is 6.80. The van der Waals surface area contributed by atoms with Crippen molar-refractivity contribution in [2.75, 3.05) is 18.2 Å². The molecule has 0 saturated carbocycles. The fourth-order valence-corrected chi connectivity index (χ4v) is 2.83. The lowest BCUT2D eigenvalue weighted by molar-refractivity contribution is -0.113. The molecule has 0 spiro atoms. The standard InChI is InChI=1S/C19H16FN3O5S/c1-26-18(25)12-6-2-4-8-14(12)21-16(24)11-29-19-23-22-17(28-19)10-27-15-9-5-3-7-13(15)20/h2-9H,10-11H2,1H3,(H,21,24). The maximum absolute atomic E-state index is 13.5. The highest BCUT2D eigenvalue weighted by Crippen LogP contribution is 2.21. The van der Waals surface area contributed by atoms with Crippen molar-refractivity contribution in [3.05, 3.63) is 65.8 Å². The first-order valence-corrected chi connectivity index (χ1v) is 9.35. The molecule has 3 aromatic rings. The van der Waals surface area contributed by atoms with Crippen LogP contribution in [0.3, 0.4) is 0 Å². The molecule has 1 heterocycles. The Balaban J connectivity index is 1.51. The van der Waals surface area contributed by atoms with Gasteiger partial charge in [0.2, 0.25) is 5.91 Å². The summed E-state index contributed by atoms with van der Waals surface area (Å²) in [5.41, 5.74) is 0.591. The number of esters is 1. The molecule has 0 radical (unpaired) electrons. The topological polar surface area (TPSA) is 104 Å². The number of para-hydroxylation sites is 2. The molecule has 1 N–H and O–H groups in total. The smallest absolute Gasteiger partial charge is 0.339 e. The van der Waals surface area contributed by atoms with Crippen molar-refractivity contribution in [1.82, 2.24) is 10.2 Å². The number of carbonyl (C=O) groups is 2. The number of amides is 1. The Morgan fingerprint density at radius 1 is 1.14 bits per heavy atom. The first kappa shape index (κ1) is 20.3. The molecule has 0 atom stereocenters. The Hall–Kier alpha value is -3.40. The van der Waals surface area contributed by atoms with E-state index in [2.05, 4.69) is 20.3 Å². The molecule has 29 heavy (non-hydrogen) atoms. The maximum atomic E-state index is 13.5. The molecule has 1 aromatic heterocycles. The molecule has 8 nitrogen and oxygen atoms in total. The van der Waals surface area contributed by atoms with Crippen LogP contribution in [0.25, 0.3) is 0 Å². The van der Waals surface area contributed by atoms with E-state index in [9.17, 15) is 14.0 Å². The minimum Gasteiger partial charge on any atom is -0.481 e. The van der Waals surface area contributed by atoms with E-state index in [4.69, 9.17) is 9.15 Å². The van der Waals surface area contributed by atoms with Crippen LogP contribution in [0.4, 0.5) is 10.1 Å². The summed E-state index contributed by atoms with van der Waals surface area (Å²) in [5, 5.41) is 10.4. The quantitative estimate of drug-likeness (QED) is 0.440. The molecule has 0 bridgehead atoms. The molecule has 2 aromatic carbocycles. The van der Waals surface area contributed by atoms with Gasteiger partial charge in [0.1, 0.15) is 0 Å². The second kappa shape index (κ2) is 9.69. The lowest BCUT2D eigenvalue weighted by Crippen LogP contribution is -2.17. The number of methoxy groups -OCH3 is 1. The Bertz CT molecular complexity index is 1010. The van der Waals surface area contributed by atoms with Crippen molar-refractivity contribution < 1.29 is 27.9 Å². The molecule has 0 aliphatic heterocycles. The van der Waals surface area contributed by atoms with Crippen LogP contribution in [0.1, 0.15) is 16.2 Å². The van der Waals surface area contributed by atoms with Gasteiger partial charge in [-0.1, -0.05) is 36.0 Å². The zero-order valence-corrected chi connectivity index (χ0v) is 16.1. The van der Waals surface area contributed by atoms with Gasteiger partial charge in [-0.25, -0.2) is 9.18 Å². The van der Waals surface area contributed by atoms with Crippen molar-refractivity contribution >= 4 is 29.3 Å². The number of hydrogen-bond acceptors (Lipinski definition) is 8. The number of aromatic nitrogens is 2. The third kappa shape index (κ3) is 5.55. The summed E-state index contributed by atoms with van der Waals surface area (Å²) in [6.07, 6.45) is 0. The number of ether oxygens (including phenoxy) is 2. The molecule has 150 valence electrons. The largest absolute Gasteiger partial charge is 0.481 e. The van der Waals surface area contributed by atoms with Crippen LogP contribution in [-0.2, 0) is 16.1 Å². The lowest BCUT2D eigenvalue weighted by atomic mass is 10.2. The van der Waals surface area contributed by atoms with E-state index in [1.54, 1.807) is 36.4 Å². The summed E-state index contributed by atoms with van der Waals surface area (Å²) in [4.78, 5) is 23.9. The summed E-state index contributed by atoms with van der Waals surface area (Å²) in [5.74, 6) is -1.22. The highest BCUT2D eigenvalue weighted by molar-refractivity contribution is 7.99. The van der Waals surface area contributed by atoms with E-state index in [0.717, 1.165) is 11.8 Å². The van der Waals surface area contributed by atoms with E-state index in [1.165, 1.54) is 19.2 Å². The van der Waals surface area contributed by atoms with Crippen LogP contribution >= 0.6 is 11.8 Å². The van der Waals surface area contributed by atoms with Crippen molar-refractivity contribution in [1.29, 1.82) is 0 Å². The molecule has 10 heteroatoms. The van der Waals surface area contributed by atoms with Gasteiger partial charge in [0.25, 0.3) is 11.1 Å². The molecule has 0 aliphatic carbocycles. The van der Waals surface area contributed by atoms with Crippen LogP contribution in [0, 0.1) is 5.82 Å². The first-order valence-electron chi connectivity index (χ1n) is 8.36. The van der Waals surface area contributed by atoms with Crippen molar-refractivity contribution in [2.45, 2.75) is 11.8 Å². The first-order chi connectivity index (χ1) is 14.1. The molecule has 0 saturated heterocycles. The van der Waals surface area contributed by atoms with E-state index >= 15 is 0 Å². The monoisotopic (exact) mass is 417 g/mol. The molecule has 3 rings (SSSR count). The van der Waals surface area contributed by atoms with E-state index in [-0.39, 0.29) is 40.7 Å². The van der Waals surface area contributed by atoms with E-state index < -0.39 is 11.8 Å². The summed E-state index contributed by atoms with van der Waals surface area (Å²) in [6, 6.07) is 12.5. The number of nitrogens with zero attached hydrogens (tertiary/aromatic N) is 2. The van der Waals surface area contributed by atoms with Gasteiger partial charge < -0.3 is 19.2 Å². The summed E-state index contributed by atoms with van der Waals surface area (Å²) >= 11 is 1.02. The number of anilines is 1. The minimum absolute atomic E-state index is 0.0225. The third-order valence-electron chi connectivity index (χ3n) is 3.57. The Morgan fingerprint density at radius 3 is 2.69 bits per heavy atom. The zero-order valence-electron chi connectivity index (χ0n) is 15.3. The molecular weight excluding hydrogens is 401 g/mol.